The molecule has 13 heavy (non-hydrogen) atoms. The highest BCUT2D eigenvalue weighted by atomic mass is 79.9. The fourth-order valence-corrected chi connectivity index (χ4v) is 1.71. The maximum atomic E-state index is 3.53. The molecule has 66 valence electrons. The van der Waals surface area contributed by atoms with Gasteiger partial charge in [0.2, 0.25) is 0 Å². The Bertz CT molecular complexity index is 379. The van der Waals surface area contributed by atoms with Gasteiger partial charge in [0.15, 0.2) is 0 Å². The van der Waals surface area contributed by atoms with E-state index in [1.807, 2.05) is 18.2 Å². The first-order valence-electron chi connectivity index (χ1n) is 4.20. The highest BCUT2D eigenvalue weighted by Crippen LogP contribution is 2.16. The van der Waals surface area contributed by atoms with E-state index in [9.17, 15) is 0 Å². The molecule has 2 heteroatoms. The van der Waals surface area contributed by atoms with Crippen LogP contribution in [0.3, 0.4) is 0 Å². The first-order valence-corrected chi connectivity index (χ1v) is 5.00. The minimum absolute atomic E-state index is 0.925. The molecule has 2 aromatic rings. The van der Waals surface area contributed by atoms with Crippen molar-refractivity contribution >= 4 is 15.9 Å². The summed E-state index contributed by atoms with van der Waals surface area (Å²) in [6.45, 7) is 0.925. The van der Waals surface area contributed by atoms with E-state index in [1.165, 1.54) is 10.0 Å². The van der Waals surface area contributed by atoms with Gasteiger partial charge in [-0.05, 0) is 23.8 Å². The lowest BCUT2D eigenvalue weighted by molar-refractivity contribution is 0.803. The molecule has 0 saturated carbocycles. The zero-order valence-electron chi connectivity index (χ0n) is 7.15. The Labute approximate surface area is 86.1 Å². The number of benzene rings is 1. The molecule has 0 N–H and O–H groups in total. The van der Waals surface area contributed by atoms with Gasteiger partial charge in [-0.3, -0.25) is 0 Å². The fraction of sp³-hybridized carbons (Fsp3) is 0.0909. The van der Waals surface area contributed by atoms with Crippen molar-refractivity contribution in [2.45, 2.75) is 6.54 Å². The molecule has 2 rings (SSSR count). The average Bonchev–Trinajstić information content (AvgIpc) is 2.61. The van der Waals surface area contributed by atoms with E-state index in [2.05, 4.69) is 51.1 Å². The zero-order valence-corrected chi connectivity index (χ0v) is 8.74. The van der Waals surface area contributed by atoms with Crippen molar-refractivity contribution in [1.29, 1.82) is 0 Å². The van der Waals surface area contributed by atoms with Gasteiger partial charge in [-0.25, -0.2) is 0 Å². The number of halogens is 1. The molecule has 1 aromatic heterocycles. The molecule has 0 unspecified atom stereocenters. The van der Waals surface area contributed by atoms with Crippen LogP contribution in [-0.4, -0.2) is 4.57 Å². The maximum absolute atomic E-state index is 3.53. The lowest BCUT2D eigenvalue weighted by atomic mass is 10.2. The van der Waals surface area contributed by atoms with Crippen molar-refractivity contribution in [3.63, 3.8) is 0 Å². The van der Waals surface area contributed by atoms with Crippen molar-refractivity contribution < 1.29 is 0 Å². The van der Waals surface area contributed by atoms with Crippen LogP contribution in [0.5, 0.6) is 0 Å². The summed E-state index contributed by atoms with van der Waals surface area (Å²) in [5.74, 6) is 0. The first-order chi connectivity index (χ1) is 6.36. The van der Waals surface area contributed by atoms with Gasteiger partial charge in [-0.2, -0.15) is 0 Å². The van der Waals surface area contributed by atoms with Gasteiger partial charge in [0.1, 0.15) is 0 Å². The number of hydrogen-bond donors (Lipinski definition) is 0. The SMILES string of the molecule is Brc1ccccc1Cn1cccc1. The van der Waals surface area contributed by atoms with E-state index in [0.29, 0.717) is 0 Å². The molecule has 1 nitrogen and oxygen atoms in total. The molecule has 0 aliphatic rings. The lowest BCUT2D eigenvalue weighted by Gasteiger charge is -2.04. The largest absolute Gasteiger partial charge is 0.350 e. The Morgan fingerprint density at radius 3 is 2.38 bits per heavy atom. The lowest BCUT2D eigenvalue weighted by Crippen LogP contribution is -1.96. The summed E-state index contributed by atoms with van der Waals surface area (Å²) in [4.78, 5) is 0. The van der Waals surface area contributed by atoms with Crippen molar-refractivity contribution in [3.8, 4) is 0 Å². The molecule has 0 bridgehead atoms. The Kier molecular flexibility index (Phi) is 2.50. The van der Waals surface area contributed by atoms with Gasteiger partial charge >= 0.3 is 0 Å². The van der Waals surface area contributed by atoms with Crippen LogP contribution in [0.25, 0.3) is 0 Å². The van der Waals surface area contributed by atoms with Crippen LogP contribution < -0.4 is 0 Å². The van der Waals surface area contributed by atoms with Crippen LogP contribution in [0.15, 0.2) is 53.3 Å². The van der Waals surface area contributed by atoms with Crippen molar-refractivity contribution in [2.24, 2.45) is 0 Å². The van der Waals surface area contributed by atoms with Crippen LogP contribution in [0.1, 0.15) is 5.56 Å². The predicted octanol–water partition coefficient (Wildman–Crippen LogP) is 3.30. The van der Waals surface area contributed by atoms with Crippen molar-refractivity contribution in [2.75, 3.05) is 0 Å². The van der Waals surface area contributed by atoms with Crippen LogP contribution in [0, 0.1) is 0 Å². The van der Waals surface area contributed by atoms with Gasteiger partial charge in [-0.1, -0.05) is 34.1 Å². The molecule has 0 atom stereocenters. The minimum Gasteiger partial charge on any atom is -0.350 e. The van der Waals surface area contributed by atoms with E-state index in [0.717, 1.165) is 6.54 Å². The van der Waals surface area contributed by atoms with Crippen molar-refractivity contribution in [1.82, 2.24) is 4.57 Å². The Balaban J connectivity index is 2.24. The molecule has 0 saturated heterocycles. The van der Waals surface area contributed by atoms with E-state index in [-0.39, 0.29) is 0 Å². The normalized spacial score (nSPS) is 10.2. The predicted molar refractivity (Wildman–Crippen MR) is 57.7 cm³/mol. The quantitative estimate of drug-likeness (QED) is 0.753. The van der Waals surface area contributed by atoms with Crippen LogP contribution in [0.2, 0.25) is 0 Å². The number of hydrogen-bond acceptors (Lipinski definition) is 0. The van der Waals surface area contributed by atoms with Crippen LogP contribution in [0.4, 0.5) is 0 Å². The van der Waals surface area contributed by atoms with Gasteiger partial charge in [-0.15, -0.1) is 0 Å². The third kappa shape index (κ3) is 2.01. The molecule has 0 aliphatic heterocycles. The topological polar surface area (TPSA) is 4.93 Å². The highest BCUT2D eigenvalue weighted by Gasteiger charge is 1.97. The fourth-order valence-electron chi connectivity index (χ4n) is 1.30. The third-order valence-corrected chi connectivity index (χ3v) is 2.75. The summed E-state index contributed by atoms with van der Waals surface area (Å²) in [7, 11) is 0. The molecular formula is C11H10BrN. The summed E-state index contributed by atoms with van der Waals surface area (Å²) < 4.78 is 3.32. The number of rotatable bonds is 2. The van der Waals surface area contributed by atoms with E-state index >= 15 is 0 Å². The van der Waals surface area contributed by atoms with E-state index in [1.54, 1.807) is 0 Å². The Hall–Kier alpha value is -1.02. The Morgan fingerprint density at radius 1 is 1.00 bits per heavy atom. The van der Waals surface area contributed by atoms with E-state index < -0.39 is 0 Å². The van der Waals surface area contributed by atoms with Gasteiger partial charge in [0, 0.05) is 23.4 Å². The zero-order chi connectivity index (χ0) is 9.10. The van der Waals surface area contributed by atoms with Gasteiger partial charge in [0.25, 0.3) is 0 Å². The molecular weight excluding hydrogens is 226 g/mol. The molecule has 1 heterocycles. The molecule has 0 aliphatic carbocycles. The Morgan fingerprint density at radius 2 is 1.69 bits per heavy atom. The first kappa shape index (κ1) is 8.57. The summed E-state index contributed by atoms with van der Waals surface area (Å²) in [5, 5.41) is 0. The van der Waals surface area contributed by atoms with Crippen LogP contribution >= 0.6 is 15.9 Å². The van der Waals surface area contributed by atoms with Crippen molar-refractivity contribution in [3.05, 3.63) is 58.8 Å². The summed E-state index contributed by atoms with van der Waals surface area (Å²) in [5.41, 5.74) is 1.30. The maximum Gasteiger partial charge on any atom is 0.0481 e. The monoisotopic (exact) mass is 235 g/mol. The second kappa shape index (κ2) is 3.79. The number of nitrogens with zero attached hydrogens (tertiary/aromatic N) is 1. The second-order valence-corrected chi connectivity index (χ2v) is 3.80. The van der Waals surface area contributed by atoms with Gasteiger partial charge in [0.05, 0.1) is 0 Å². The van der Waals surface area contributed by atoms with Gasteiger partial charge < -0.3 is 4.57 Å². The average molecular weight is 236 g/mol. The highest BCUT2D eigenvalue weighted by molar-refractivity contribution is 9.10. The molecule has 0 spiro atoms. The smallest absolute Gasteiger partial charge is 0.0481 e. The minimum atomic E-state index is 0.925. The van der Waals surface area contributed by atoms with E-state index in [4.69, 9.17) is 0 Å². The summed E-state index contributed by atoms with van der Waals surface area (Å²) >= 11 is 3.53. The summed E-state index contributed by atoms with van der Waals surface area (Å²) in [6.07, 6.45) is 4.14. The van der Waals surface area contributed by atoms with Crippen LogP contribution in [-0.2, 0) is 6.54 Å². The summed E-state index contributed by atoms with van der Waals surface area (Å²) in [6, 6.07) is 12.4. The molecule has 0 amide bonds. The molecule has 1 aromatic carbocycles. The number of aromatic nitrogens is 1. The molecule has 0 radical (unpaired) electrons. The standard InChI is InChI=1S/C11H10BrN/c12-11-6-2-1-5-10(11)9-13-7-3-4-8-13/h1-8H,9H2. The third-order valence-electron chi connectivity index (χ3n) is 1.98. The second-order valence-electron chi connectivity index (χ2n) is 2.95. The molecule has 0 fully saturated rings.